The molecule has 0 aliphatic carbocycles. The fourth-order valence-corrected chi connectivity index (χ4v) is 4.63. The summed E-state index contributed by atoms with van der Waals surface area (Å²) in [6, 6.07) is 12.5. The average Bonchev–Trinajstić information content (AvgIpc) is 3.04. The van der Waals surface area contributed by atoms with Crippen molar-refractivity contribution in [3.63, 3.8) is 0 Å². The molecule has 0 amide bonds. The number of carbonyl (C=O) groups is 1. The number of rotatable bonds is 17. The van der Waals surface area contributed by atoms with Crippen molar-refractivity contribution in [2.45, 2.75) is 97.5 Å². The molecule has 242 valence electrons. The van der Waals surface area contributed by atoms with E-state index in [1.807, 2.05) is 6.92 Å². The molecule has 0 aromatic heterocycles. The summed E-state index contributed by atoms with van der Waals surface area (Å²) >= 11 is 0. The van der Waals surface area contributed by atoms with Crippen molar-refractivity contribution in [2.24, 2.45) is 0 Å². The Morgan fingerprint density at radius 3 is 1.87 bits per heavy atom. The van der Waals surface area contributed by atoms with Gasteiger partial charge in [0, 0.05) is 5.56 Å². The van der Waals surface area contributed by atoms with Crippen LogP contribution < -0.4 is 14.2 Å². The molecular formula is C37H42F4O4. The summed E-state index contributed by atoms with van der Waals surface area (Å²) in [6.07, 6.45) is 11.2. The minimum absolute atomic E-state index is 0.0565. The van der Waals surface area contributed by atoms with Crippen molar-refractivity contribution >= 4 is 5.97 Å². The molecule has 0 fully saturated rings. The average molecular weight is 627 g/mol. The predicted molar refractivity (Wildman–Crippen MR) is 168 cm³/mol. The minimum atomic E-state index is -1.62. The van der Waals surface area contributed by atoms with Gasteiger partial charge < -0.3 is 14.2 Å². The Balaban J connectivity index is 1.57. The first-order valence-electron chi connectivity index (χ1n) is 15.8. The van der Waals surface area contributed by atoms with E-state index in [0.29, 0.717) is 17.7 Å². The van der Waals surface area contributed by atoms with Crippen LogP contribution in [-0.4, -0.2) is 18.7 Å². The molecule has 4 nitrogen and oxygen atoms in total. The molecule has 3 aromatic rings. The molecule has 8 heteroatoms. The summed E-state index contributed by atoms with van der Waals surface area (Å²) in [4.78, 5) is 12.6. The van der Waals surface area contributed by atoms with Crippen LogP contribution in [0.4, 0.5) is 17.6 Å². The van der Waals surface area contributed by atoms with Crippen LogP contribution in [0, 0.1) is 35.1 Å². The van der Waals surface area contributed by atoms with Gasteiger partial charge >= 0.3 is 5.97 Å². The summed E-state index contributed by atoms with van der Waals surface area (Å²) in [5.74, 6) is -2.61. The first-order chi connectivity index (χ1) is 21.7. The van der Waals surface area contributed by atoms with Gasteiger partial charge in [0.1, 0.15) is 17.1 Å². The van der Waals surface area contributed by atoms with Crippen LogP contribution in [0.5, 0.6) is 17.2 Å². The topological polar surface area (TPSA) is 44.8 Å². The lowest BCUT2D eigenvalue weighted by molar-refractivity contribution is 0.0734. The molecule has 0 N–H and O–H groups in total. The standard InChI is InChI=1S/C37H42F4O4/c1-4-6-8-10-11-13-25-43-36-34(40)32(38)31(33(39)35(36)41)24-17-27-15-20-30(21-16-27)45-37(42)28-18-22-29(23-19-28)44-26(3)14-12-9-7-5-2/h15-16,18-23,26H,4-14,25H2,1-3H3/t26-/m1/s1. The van der Waals surface area contributed by atoms with Gasteiger partial charge in [-0.2, -0.15) is 8.78 Å². The van der Waals surface area contributed by atoms with Crippen LogP contribution in [0.2, 0.25) is 0 Å². The summed E-state index contributed by atoms with van der Waals surface area (Å²) in [5.41, 5.74) is -0.426. The molecule has 3 aromatic carbocycles. The number of benzene rings is 3. The van der Waals surface area contributed by atoms with Crippen molar-refractivity contribution in [2.75, 3.05) is 6.61 Å². The van der Waals surface area contributed by atoms with Crippen molar-refractivity contribution in [3.8, 4) is 29.1 Å². The molecule has 0 unspecified atom stereocenters. The Morgan fingerprint density at radius 1 is 0.689 bits per heavy atom. The quantitative estimate of drug-likeness (QED) is 0.0374. The third-order valence-corrected chi connectivity index (χ3v) is 7.26. The number of unbranched alkanes of at least 4 members (excludes halogenated alkanes) is 8. The number of esters is 1. The zero-order valence-corrected chi connectivity index (χ0v) is 26.3. The number of ether oxygens (including phenoxy) is 3. The monoisotopic (exact) mass is 626 g/mol. The minimum Gasteiger partial charge on any atom is -0.491 e. The third-order valence-electron chi connectivity index (χ3n) is 7.26. The number of hydrogen-bond donors (Lipinski definition) is 0. The Morgan fingerprint density at radius 2 is 1.24 bits per heavy atom. The maximum absolute atomic E-state index is 14.6. The Bertz CT molecular complexity index is 1400. The lowest BCUT2D eigenvalue weighted by atomic mass is 10.1. The van der Waals surface area contributed by atoms with Crippen LogP contribution in [0.1, 0.15) is 113 Å². The molecule has 0 bridgehead atoms. The first-order valence-corrected chi connectivity index (χ1v) is 15.8. The highest BCUT2D eigenvalue weighted by atomic mass is 19.2. The number of hydrogen-bond acceptors (Lipinski definition) is 4. The molecule has 0 radical (unpaired) electrons. The molecule has 0 aliphatic heterocycles. The van der Waals surface area contributed by atoms with E-state index in [9.17, 15) is 22.4 Å². The Kier molecular flexibility index (Phi) is 14.8. The van der Waals surface area contributed by atoms with Gasteiger partial charge in [-0.05, 0) is 74.7 Å². The van der Waals surface area contributed by atoms with Gasteiger partial charge in [-0.25, -0.2) is 13.6 Å². The van der Waals surface area contributed by atoms with Gasteiger partial charge in [-0.3, -0.25) is 0 Å². The molecule has 0 heterocycles. The Hall–Kier alpha value is -3.99. The largest absolute Gasteiger partial charge is 0.491 e. The van der Waals surface area contributed by atoms with Gasteiger partial charge in [0.05, 0.1) is 18.3 Å². The van der Waals surface area contributed by atoms with Crippen molar-refractivity contribution < 1.29 is 36.6 Å². The van der Waals surface area contributed by atoms with Crippen molar-refractivity contribution in [1.82, 2.24) is 0 Å². The van der Waals surface area contributed by atoms with E-state index in [1.54, 1.807) is 24.3 Å². The zero-order chi connectivity index (χ0) is 32.6. The molecule has 0 saturated carbocycles. The smallest absolute Gasteiger partial charge is 0.343 e. The highest BCUT2D eigenvalue weighted by Crippen LogP contribution is 2.30. The molecule has 3 rings (SSSR count). The van der Waals surface area contributed by atoms with Crippen LogP contribution in [0.3, 0.4) is 0 Å². The van der Waals surface area contributed by atoms with E-state index in [2.05, 4.69) is 25.7 Å². The van der Waals surface area contributed by atoms with Crippen LogP contribution in [0.15, 0.2) is 48.5 Å². The molecule has 45 heavy (non-hydrogen) atoms. The first kappa shape index (κ1) is 35.5. The van der Waals surface area contributed by atoms with E-state index >= 15 is 0 Å². The summed E-state index contributed by atoms with van der Waals surface area (Å²) < 4.78 is 74.7. The zero-order valence-electron chi connectivity index (χ0n) is 26.3. The normalized spacial score (nSPS) is 11.4. The van der Waals surface area contributed by atoms with Crippen LogP contribution in [0.25, 0.3) is 0 Å². The van der Waals surface area contributed by atoms with Gasteiger partial charge in [0.25, 0.3) is 0 Å². The Labute approximate surface area is 264 Å². The van der Waals surface area contributed by atoms with Crippen LogP contribution >= 0.6 is 0 Å². The predicted octanol–water partition coefficient (Wildman–Crippen LogP) is 10.3. The lowest BCUT2D eigenvalue weighted by Gasteiger charge is -2.14. The van der Waals surface area contributed by atoms with Gasteiger partial charge in [-0.1, -0.05) is 77.1 Å². The van der Waals surface area contributed by atoms with E-state index in [-0.39, 0.29) is 24.0 Å². The molecule has 1 atom stereocenters. The third kappa shape index (κ3) is 11.1. The molecular weight excluding hydrogens is 584 g/mol. The van der Waals surface area contributed by atoms with Crippen LogP contribution in [-0.2, 0) is 0 Å². The van der Waals surface area contributed by atoms with E-state index in [0.717, 1.165) is 44.9 Å². The van der Waals surface area contributed by atoms with Gasteiger partial charge in [-0.15, -0.1) is 0 Å². The maximum Gasteiger partial charge on any atom is 0.343 e. The fraction of sp³-hybridized carbons (Fsp3) is 0.432. The van der Waals surface area contributed by atoms with Crippen molar-refractivity contribution in [1.29, 1.82) is 0 Å². The van der Waals surface area contributed by atoms with E-state index in [4.69, 9.17) is 14.2 Å². The summed E-state index contributed by atoms with van der Waals surface area (Å²) in [6.45, 7) is 6.23. The summed E-state index contributed by atoms with van der Waals surface area (Å²) in [5, 5.41) is 0. The highest BCUT2D eigenvalue weighted by Gasteiger charge is 2.26. The maximum atomic E-state index is 14.6. The second-order valence-corrected chi connectivity index (χ2v) is 11.0. The van der Waals surface area contributed by atoms with Gasteiger partial charge in [0.15, 0.2) is 17.4 Å². The lowest BCUT2D eigenvalue weighted by Crippen LogP contribution is -2.12. The second kappa shape index (κ2) is 18.7. The molecule has 0 saturated heterocycles. The SMILES string of the molecule is CCCCCCCCOc1c(F)c(F)c(C#Cc2ccc(OC(=O)c3ccc(O[C@H](C)CCCCCC)cc3)cc2)c(F)c1F. The second-order valence-electron chi connectivity index (χ2n) is 11.0. The molecule has 0 spiro atoms. The highest BCUT2D eigenvalue weighted by molar-refractivity contribution is 5.91. The van der Waals surface area contributed by atoms with Crippen molar-refractivity contribution in [3.05, 3.63) is 88.5 Å². The van der Waals surface area contributed by atoms with E-state index in [1.165, 1.54) is 43.5 Å². The molecule has 0 aliphatic rings. The number of halogens is 4. The fourth-order valence-electron chi connectivity index (χ4n) is 4.63. The summed E-state index contributed by atoms with van der Waals surface area (Å²) in [7, 11) is 0. The van der Waals surface area contributed by atoms with Gasteiger partial charge in [0.2, 0.25) is 11.6 Å². The van der Waals surface area contributed by atoms with E-state index < -0.39 is 40.6 Å². The number of carbonyl (C=O) groups excluding carboxylic acids is 1.